The Labute approximate surface area is 148 Å². The lowest BCUT2D eigenvalue weighted by atomic mass is 9.71. The SMILES string of the molecule is CNC(=O)[C@@H]1C[C@H](NCCC2=C(C)CCCC2(C)C)CN1C(C)C. The standard InChI is InChI=1S/C20H37N3O/c1-14(2)23-13-16(12-18(23)19(24)21-6)22-11-9-17-15(3)8-7-10-20(17,4)5/h14,16,18,22H,7-13H2,1-6H3,(H,21,24)/t16-,18-/m0/s1. The fraction of sp³-hybridized carbons (Fsp3) is 0.850. The number of nitrogens with one attached hydrogen (secondary N) is 2. The zero-order chi connectivity index (χ0) is 17.9. The van der Waals surface area contributed by atoms with Gasteiger partial charge in [-0.3, -0.25) is 9.69 Å². The minimum Gasteiger partial charge on any atom is -0.358 e. The molecule has 4 heteroatoms. The molecule has 0 aromatic heterocycles. The molecule has 1 aliphatic heterocycles. The molecule has 1 fully saturated rings. The van der Waals surface area contributed by atoms with Crippen LogP contribution in [0.4, 0.5) is 0 Å². The van der Waals surface area contributed by atoms with Gasteiger partial charge in [-0.2, -0.15) is 0 Å². The van der Waals surface area contributed by atoms with Gasteiger partial charge in [-0.25, -0.2) is 0 Å². The summed E-state index contributed by atoms with van der Waals surface area (Å²) in [6, 6.07) is 0.836. The first-order valence-electron chi connectivity index (χ1n) is 9.66. The monoisotopic (exact) mass is 335 g/mol. The molecule has 2 rings (SSSR count). The zero-order valence-electron chi connectivity index (χ0n) is 16.5. The molecule has 1 amide bonds. The molecule has 0 spiro atoms. The Hall–Kier alpha value is -0.870. The Morgan fingerprint density at radius 2 is 2.08 bits per heavy atom. The summed E-state index contributed by atoms with van der Waals surface area (Å²) in [7, 11) is 1.74. The molecule has 1 saturated heterocycles. The molecule has 1 heterocycles. The second-order valence-corrected chi connectivity index (χ2v) is 8.55. The third-order valence-electron chi connectivity index (χ3n) is 6.05. The average Bonchev–Trinajstić information content (AvgIpc) is 2.93. The van der Waals surface area contributed by atoms with Crippen LogP contribution in [0.25, 0.3) is 0 Å². The van der Waals surface area contributed by atoms with Crippen molar-refractivity contribution in [3.05, 3.63) is 11.1 Å². The van der Waals surface area contributed by atoms with Crippen LogP contribution in [0, 0.1) is 5.41 Å². The Morgan fingerprint density at radius 1 is 1.38 bits per heavy atom. The maximum atomic E-state index is 12.1. The van der Waals surface area contributed by atoms with Crippen LogP contribution in [0.15, 0.2) is 11.1 Å². The van der Waals surface area contributed by atoms with Gasteiger partial charge in [-0.1, -0.05) is 25.0 Å². The van der Waals surface area contributed by atoms with E-state index in [0.717, 1.165) is 25.9 Å². The highest BCUT2D eigenvalue weighted by Gasteiger charge is 2.37. The molecule has 0 unspecified atom stereocenters. The Balaban J connectivity index is 1.90. The number of hydrogen-bond acceptors (Lipinski definition) is 3. The average molecular weight is 336 g/mol. The number of allylic oxidation sites excluding steroid dienone is 1. The maximum Gasteiger partial charge on any atom is 0.237 e. The van der Waals surface area contributed by atoms with Gasteiger partial charge in [0.2, 0.25) is 5.91 Å². The normalized spacial score (nSPS) is 27.8. The van der Waals surface area contributed by atoms with Gasteiger partial charge in [0.05, 0.1) is 6.04 Å². The molecule has 2 aliphatic rings. The molecule has 0 radical (unpaired) electrons. The lowest BCUT2D eigenvalue weighted by molar-refractivity contribution is -0.125. The highest BCUT2D eigenvalue weighted by Crippen LogP contribution is 2.41. The minimum atomic E-state index is 0.0135. The topological polar surface area (TPSA) is 44.4 Å². The van der Waals surface area contributed by atoms with Crippen LogP contribution in [0.2, 0.25) is 0 Å². The van der Waals surface area contributed by atoms with Crippen molar-refractivity contribution in [3.8, 4) is 0 Å². The molecule has 1 aliphatic carbocycles. The Morgan fingerprint density at radius 3 is 2.67 bits per heavy atom. The molecule has 24 heavy (non-hydrogen) atoms. The number of rotatable bonds is 6. The third kappa shape index (κ3) is 4.40. The highest BCUT2D eigenvalue weighted by atomic mass is 16.2. The van der Waals surface area contributed by atoms with E-state index in [0.29, 0.717) is 17.5 Å². The van der Waals surface area contributed by atoms with Gasteiger partial charge in [0, 0.05) is 25.7 Å². The summed E-state index contributed by atoms with van der Waals surface area (Å²) in [6.07, 6.45) is 5.96. The van der Waals surface area contributed by atoms with E-state index in [-0.39, 0.29) is 11.9 Å². The van der Waals surface area contributed by atoms with Gasteiger partial charge in [-0.15, -0.1) is 0 Å². The molecule has 4 nitrogen and oxygen atoms in total. The molecular weight excluding hydrogens is 298 g/mol. The highest BCUT2D eigenvalue weighted by molar-refractivity contribution is 5.81. The first-order chi connectivity index (χ1) is 11.3. The summed E-state index contributed by atoms with van der Waals surface area (Å²) in [5, 5.41) is 6.55. The summed E-state index contributed by atoms with van der Waals surface area (Å²) < 4.78 is 0. The Bertz CT molecular complexity index is 481. The lowest BCUT2D eigenvalue weighted by Crippen LogP contribution is -2.45. The van der Waals surface area contributed by atoms with Gasteiger partial charge in [-0.05, 0) is 64.8 Å². The number of nitrogens with zero attached hydrogens (tertiary/aromatic N) is 1. The van der Waals surface area contributed by atoms with E-state index in [2.05, 4.69) is 50.2 Å². The van der Waals surface area contributed by atoms with E-state index in [1.54, 1.807) is 18.2 Å². The predicted octanol–water partition coefficient (Wildman–Crippen LogP) is 3.09. The van der Waals surface area contributed by atoms with Crippen LogP contribution in [0.5, 0.6) is 0 Å². The van der Waals surface area contributed by atoms with E-state index >= 15 is 0 Å². The zero-order valence-corrected chi connectivity index (χ0v) is 16.5. The van der Waals surface area contributed by atoms with Gasteiger partial charge in [0.15, 0.2) is 0 Å². The second kappa shape index (κ2) is 8.01. The number of carbonyl (C=O) groups is 1. The summed E-state index contributed by atoms with van der Waals surface area (Å²) in [5.41, 5.74) is 3.61. The molecular formula is C20H37N3O. The van der Waals surface area contributed by atoms with E-state index in [1.165, 1.54) is 19.3 Å². The number of hydrogen-bond donors (Lipinski definition) is 2. The van der Waals surface area contributed by atoms with Crippen LogP contribution in [0.3, 0.4) is 0 Å². The summed E-state index contributed by atoms with van der Waals surface area (Å²) in [4.78, 5) is 14.5. The van der Waals surface area contributed by atoms with Gasteiger partial charge in [0.1, 0.15) is 0 Å². The number of carbonyl (C=O) groups excluding carboxylic acids is 1. The van der Waals surface area contributed by atoms with Crippen molar-refractivity contribution in [1.82, 2.24) is 15.5 Å². The summed E-state index contributed by atoms with van der Waals surface area (Å²) in [5.74, 6) is 0.153. The second-order valence-electron chi connectivity index (χ2n) is 8.55. The van der Waals surface area contributed by atoms with Crippen molar-refractivity contribution in [1.29, 1.82) is 0 Å². The minimum absolute atomic E-state index is 0.0135. The fourth-order valence-corrected chi connectivity index (χ4v) is 4.63. The fourth-order valence-electron chi connectivity index (χ4n) is 4.63. The van der Waals surface area contributed by atoms with Crippen molar-refractivity contribution < 1.29 is 4.79 Å². The first kappa shape index (κ1) is 19.5. The first-order valence-corrected chi connectivity index (χ1v) is 9.66. The number of likely N-dealkylation sites (tertiary alicyclic amines) is 1. The van der Waals surface area contributed by atoms with E-state index in [4.69, 9.17) is 0 Å². The van der Waals surface area contributed by atoms with Crippen molar-refractivity contribution in [3.63, 3.8) is 0 Å². The van der Waals surface area contributed by atoms with Crippen molar-refractivity contribution in [2.45, 2.75) is 84.8 Å². The van der Waals surface area contributed by atoms with E-state index in [1.807, 2.05) is 0 Å². The van der Waals surface area contributed by atoms with Crippen LogP contribution in [0.1, 0.15) is 66.7 Å². The smallest absolute Gasteiger partial charge is 0.237 e. The van der Waals surface area contributed by atoms with Gasteiger partial charge in [0.25, 0.3) is 0 Å². The molecule has 2 atom stereocenters. The Kier molecular flexibility index (Phi) is 6.49. The quantitative estimate of drug-likeness (QED) is 0.733. The van der Waals surface area contributed by atoms with E-state index in [9.17, 15) is 4.79 Å². The predicted molar refractivity (Wildman–Crippen MR) is 101 cm³/mol. The molecule has 0 aromatic carbocycles. The van der Waals surface area contributed by atoms with Gasteiger partial charge < -0.3 is 10.6 Å². The summed E-state index contributed by atoms with van der Waals surface area (Å²) in [6.45, 7) is 13.4. The van der Waals surface area contributed by atoms with Crippen LogP contribution in [-0.2, 0) is 4.79 Å². The largest absolute Gasteiger partial charge is 0.358 e. The molecule has 0 bridgehead atoms. The third-order valence-corrected chi connectivity index (χ3v) is 6.05. The van der Waals surface area contributed by atoms with Crippen molar-refractivity contribution in [2.75, 3.05) is 20.1 Å². The molecule has 0 aromatic rings. The van der Waals surface area contributed by atoms with E-state index < -0.39 is 0 Å². The summed E-state index contributed by atoms with van der Waals surface area (Å²) >= 11 is 0. The number of amides is 1. The van der Waals surface area contributed by atoms with Crippen LogP contribution < -0.4 is 10.6 Å². The molecule has 0 saturated carbocycles. The molecule has 2 N–H and O–H groups in total. The van der Waals surface area contributed by atoms with Crippen LogP contribution >= 0.6 is 0 Å². The van der Waals surface area contributed by atoms with Gasteiger partial charge >= 0.3 is 0 Å². The maximum absolute atomic E-state index is 12.1. The van der Waals surface area contributed by atoms with Crippen molar-refractivity contribution in [2.24, 2.45) is 5.41 Å². The number of likely N-dealkylation sites (N-methyl/N-ethyl adjacent to an activating group) is 1. The van der Waals surface area contributed by atoms with Crippen LogP contribution in [-0.4, -0.2) is 49.1 Å². The molecule has 138 valence electrons. The van der Waals surface area contributed by atoms with Crippen molar-refractivity contribution >= 4 is 5.91 Å². The lowest BCUT2D eigenvalue weighted by Gasteiger charge is -2.35.